The van der Waals surface area contributed by atoms with Gasteiger partial charge in [0, 0.05) is 18.5 Å². The van der Waals surface area contributed by atoms with Crippen LogP contribution in [0.2, 0.25) is 0 Å². The molecule has 5 rings (SSSR count). The van der Waals surface area contributed by atoms with Crippen molar-refractivity contribution in [1.82, 2.24) is 9.97 Å². The zero-order valence-electron chi connectivity index (χ0n) is 13.2. The molecule has 2 aromatic rings. The van der Waals surface area contributed by atoms with E-state index in [9.17, 15) is 0 Å². The minimum atomic E-state index is 0.383. The summed E-state index contributed by atoms with van der Waals surface area (Å²) in [6, 6.07) is 0.520. The van der Waals surface area contributed by atoms with Crippen LogP contribution in [-0.4, -0.2) is 35.8 Å². The molecule has 1 aliphatic heterocycles. The highest BCUT2D eigenvalue weighted by atomic mass is 32.1. The number of thiophene rings is 1. The molecule has 2 saturated carbocycles. The molecule has 3 fully saturated rings. The van der Waals surface area contributed by atoms with Crippen molar-refractivity contribution in [3.8, 4) is 0 Å². The van der Waals surface area contributed by atoms with E-state index < -0.39 is 0 Å². The normalized spacial score (nSPS) is 36.0. The summed E-state index contributed by atoms with van der Waals surface area (Å²) in [6.45, 7) is 5.53. The number of aromatic nitrogens is 2. The molecule has 5 unspecified atom stereocenters. The lowest BCUT2D eigenvalue weighted by molar-refractivity contribution is 0.0447. The molecule has 0 radical (unpaired) electrons. The van der Waals surface area contributed by atoms with Gasteiger partial charge in [-0.25, -0.2) is 9.97 Å². The van der Waals surface area contributed by atoms with E-state index in [0.29, 0.717) is 12.1 Å². The van der Waals surface area contributed by atoms with Crippen LogP contribution in [0.15, 0.2) is 6.33 Å². The number of rotatable bonds is 2. The average Bonchev–Trinajstić information content (AvgIpc) is 3.19. The third-order valence-corrected chi connectivity index (χ3v) is 7.42. The van der Waals surface area contributed by atoms with Gasteiger partial charge in [-0.15, -0.1) is 11.3 Å². The monoisotopic (exact) mass is 315 g/mol. The SMILES string of the molecule is COC1C2CC3CN(c4ncnc5sc(C)c(C)c45)C1C3C2. The van der Waals surface area contributed by atoms with Crippen LogP contribution in [0.1, 0.15) is 23.3 Å². The lowest BCUT2D eigenvalue weighted by Crippen LogP contribution is -2.42. The highest BCUT2D eigenvalue weighted by Crippen LogP contribution is 2.57. The number of aryl methyl sites for hydroxylation is 2. The van der Waals surface area contributed by atoms with E-state index in [-0.39, 0.29) is 0 Å². The Bertz CT molecular complexity index is 756. The van der Waals surface area contributed by atoms with Crippen molar-refractivity contribution in [3.05, 3.63) is 16.8 Å². The molecule has 4 nitrogen and oxygen atoms in total. The molecule has 0 spiro atoms. The average molecular weight is 315 g/mol. The van der Waals surface area contributed by atoms with Crippen LogP contribution in [-0.2, 0) is 4.74 Å². The van der Waals surface area contributed by atoms with Crippen molar-refractivity contribution in [2.24, 2.45) is 17.8 Å². The van der Waals surface area contributed by atoms with E-state index in [1.807, 2.05) is 7.11 Å². The minimum absolute atomic E-state index is 0.383. The van der Waals surface area contributed by atoms with Gasteiger partial charge in [0.15, 0.2) is 0 Å². The molecular weight excluding hydrogens is 294 g/mol. The van der Waals surface area contributed by atoms with Crippen LogP contribution < -0.4 is 4.90 Å². The summed E-state index contributed by atoms with van der Waals surface area (Å²) >= 11 is 1.79. The Morgan fingerprint density at radius 1 is 1.23 bits per heavy atom. The van der Waals surface area contributed by atoms with E-state index >= 15 is 0 Å². The maximum atomic E-state index is 5.89. The van der Waals surface area contributed by atoms with Gasteiger partial charge in [-0.05, 0) is 50.0 Å². The molecule has 2 bridgehead atoms. The zero-order valence-corrected chi connectivity index (χ0v) is 14.1. The topological polar surface area (TPSA) is 38.2 Å². The first-order chi connectivity index (χ1) is 10.7. The number of hydrogen-bond donors (Lipinski definition) is 0. The van der Waals surface area contributed by atoms with E-state index in [4.69, 9.17) is 9.72 Å². The second kappa shape index (κ2) is 4.42. The first-order valence-corrected chi connectivity index (χ1v) is 9.00. The minimum Gasteiger partial charge on any atom is -0.379 e. The fraction of sp³-hybridized carbons (Fsp3) is 0.647. The molecular formula is C17H21N3OS. The smallest absolute Gasteiger partial charge is 0.141 e. The summed E-state index contributed by atoms with van der Waals surface area (Å²) in [7, 11) is 1.88. The zero-order chi connectivity index (χ0) is 15.0. The van der Waals surface area contributed by atoms with Gasteiger partial charge in [0.1, 0.15) is 17.0 Å². The Balaban J connectivity index is 1.67. The Morgan fingerprint density at radius 3 is 2.91 bits per heavy atom. The molecule has 3 heterocycles. The van der Waals surface area contributed by atoms with Gasteiger partial charge in [-0.1, -0.05) is 0 Å². The molecule has 116 valence electrons. The Kier molecular flexibility index (Phi) is 2.66. The summed E-state index contributed by atoms with van der Waals surface area (Å²) in [5, 5.41) is 1.27. The fourth-order valence-electron chi connectivity index (χ4n) is 5.34. The van der Waals surface area contributed by atoms with Crippen LogP contribution in [0.5, 0.6) is 0 Å². The Labute approximate surface area is 134 Å². The lowest BCUT2D eigenvalue weighted by Gasteiger charge is -2.32. The third kappa shape index (κ3) is 1.51. The van der Waals surface area contributed by atoms with Crippen LogP contribution in [0, 0.1) is 31.6 Å². The van der Waals surface area contributed by atoms with Crippen molar-refractivity contribution in [2.75, 3.05) is 18.6 Å². The molecule has 5 heteroatoms. The molecule has 0 N–H and O–H groups in total. The fourth-order valence-corrected chi connectivity index (χ4v) is 6.34. The molecule has 22 heavy (non-hydrogen) atoms. The molecule has 1 saturated heterocycles. The standard InChI is InChI=1S/C17H21N3OS/c1-8-9(2)22-17-13(8)16(18-7-19-17)20-6-11-4-10-5-12(11)14(20)15(10)21-3/h7,10-12,14-15H,4-6H2,1-3H3. The number of methoxy groups -OCH3 is 1. The van der Waals surface area contributed by atoms with Gasteiger partial charge in [0.25, 0.3) is 0 Å². The van der Waals surface area contributed by atoms with Crippen LogP contribution >= 0.6 is 11.3 Å². The molecule has 3 aliphatic rings. The Hall–Kier alpha value is -1.20. The molecule has 0 amide bonds. The van der Waals surface area contributed by atoms with Crippen LogP contribution in [0.4, 0.5) is 5.82 Å². The first kappa shape index (κ1) is 13.3. The summed E-state index contributed by atoms with van der Waals surface area (Å²) in [6.07, 6.45) is 4.81. The van der Waals surface area contributed by atoms with Crippen LogP contribution in [0.25, 0.3) is 10.2 Å². The predicted molar refractivity (Wildman–Crippen MR) is 88.5 cm³/mol. The van der Waals surface area contributed by atoms with Crippen molar-refractivity contribution in [2.45, 2.75) is 38.8 Å². The quantitative estimate of drug-likeness (QED) is 0.853. The van der Waals surface area contributed by atoms with E-state index in [0.717, 1.165) is 34.9 Å². The van der Waals surface area contributed by atoms with Crippen molar-refractivity contribution in [1.29, 1.82) is 0 Å². The molecule has 5 atom stereocenters. The molecule has 2 aromatic heterocycles. The van der Waals surface area contributed by atoms with Crippen molar-refractivity contribution in [3.63, 3.8) is 0 Å². The highest BCUT2D eigenvalue weighted by molar-refractivity contribution is 7.18. The van der Waals surface area contributed by atoms with Gasteiger partial charge in [-0.3, -0.25) is 0 Å². The molecule has 2 aliphatic carbocycles. The van der Waals surface area contributed by atoms with Crippen molar-refractivity contribution >= 4 is 27.4 Å². The van der Waals surface area contributed by atoms with Gasteiger partial charge < -0.3 is 9.64 Å². The summed E-state index contributed by atoms with van der Waals surface area (Å²) in [4.78, 5) is 14.2. The van der Waals surface area contributed by atoms with Gasteiger partial charge in [0.05, 0.1) is 17.5 Å². The predicted octanol–water partition coefficient (Wildman–Crippen LogP) is 3.17. The number of ether oxygens (including phenoxy) is 1. The van der Waals surface area contributed by atoms with Gasteiger partial charge in [0.2, 0.25) is 0 Å². The first-order valence-electron chi connectivity index (χ1n) is 8.19. The molecule has 0 aromatic carbocycles. The highest BCUT2D eigenvalue weighted by Gasteiger charge is 2.60. The Morgan fingerprint density at radius 2 is 2.09 bits per heavy atom. The summed E-state index contributed by atoms with van der Waals surface area (Å²) in [5.74, 6) is 3.55. The maximum Gasteiger partial charge on any atom is 0.141 e. The number of anilines is 1. The third-order valence-electron chi connectivity index (χ3n) is 6.31. The van der Waals surface area contributed by atoms with Crippen molar-refractivity contribution < 1.29 is 4.74 Å². The number of fused-ring (bicyclic) bond motifs is 2. The summed E-state index contributed by atoms with van der Waals surface area (Å²) < 4.78 is 5.89. The van der Waals surface area contributed by atoms with E-state index in [1.165, 1.54) is 28.7 Å². The van der Waals surface area contributed by atoms with E-state index in [2.05, 4.69) is 23.7 Å². The van der Waals surface area contributed by atoms with E-state index in [1.54, 1.807) is 17.7 Å². The van der Waals surface area contributed by atoms with Gasteiger partial charge >= 0.3 is 0 Å². The second-order valence-corrected chi connectivity index (χ2v) is 8.36. The second-order valence-electron chi connectivity index (χ2n) is 7.16. The van der Waals surface area contributed by atoms with Gasteiger partial charge in [-0.2, -0.15) is 0 Å². The number of nitrogens with zero attached hydrogens (tertiary/aromatic N) is 3. The number of hydrogen-bond acceptors (Lipinski definition) is 5. The summed E-state index contributed by atoms with van der Waals surface area (Å²) in [5.41, 5.74) is 1.35. The lowest BCUT2D eigenvalue weighted by atomic mass is 9.88. The maximum absolute atomic E-state index is 5.89. The van der Waals surface area contributed by atoms with Crippen LogP contribution in [0.3, 0.4) is 0 Å². The largest absolute Gasteiger partial charge is 0.379 e.